The van der Waals surface area contributed by atoms with Crippen LogP contribution in [0.2, 0.25) is 0 Å². The van der Waals surface area contributed by atoms with E-state index in [-0.39, 0.29) is 5.91 Å². The molecule has 116 valence electrons. The molecule has 2 aliphatic rings. The summed E-state index contributed by atoms with van der Waals surface area (Å²) in [7, 11) is 0. The molecule has 0 spiro atoms. The highest BCUT2D eigenvalue weighted by molar-refractivity contribution is 6.02. The number of H-pyrrole nitrogens is 1. The van der Waals surface area contributed by atoms with Crippen LogP contribution >= 0.6 is 0 Å². The van der Waals surface area contributed by atoms with Crippen LogP contribution in [0.25, 0.3) is 10.9 Å². The van der Waals surface area contributed by atoms with Gasteiger partial charge >= 0.3 is 0 Å². The first kappa shape index (κ1) is 13.8. The van der Waals surface area contributed by atoms with Crippen LogP contribution in [0.5, 0.6) is 0 Å². The van der Waals surface area contributed by atoms with Gasteiger partial charge in [-0.25, -0.2) is 0 Å². The average Bonchev–Trinajstić information content (AvgIpc) is 3.13. The number of nitrogens with one attached hydrogen (secondary N) is 2. The number of aryl methyl sites for hydroxylation is 3. The first-order valence-corrected chi connectivity index (χ1v) is 8.17. The molecular formula is C18H23N3O. The maximum absolute atomic E-state index is 13.0. The molecule has 0 radical (unpaired) electrons. The number of aromatic amines is 1. The molecule has 0 bridgehead atoms. The third-order valence-corrected chi connectivity index (χ3v) is 5.43. The fraction of sp³-hybridized carbons (Fsp3) is 0.500. The van der Waals surface area contributed by atoms with Crippen LogP contribution in [0.1, 0.15) is 33.6 Å². The van der Waals surface area contributed by atoms with Crippen LogP contribution in [0.3, 0.4) is 0 Å². The fourth-order valence-corrected chi connectivity index (χ4v) is 4.24. The van der Waals surface area contributed by atoms with E-state index in [2.05, 4.69) is 48.1 Å². The predicted octanol–water partition coefficient (Wildman–Crippen LogP) is 2.53. The number of benzene rings is 1. The summed E-state index contributed by atoms with van der Waals surface area (Å²) in [4.78, 5) is 18.5. The Bertz CT molecular complexity index is 761. The number of amides is 1. The van der Waals surface area contributed by atoms with Crippen molar-refractivity contribution in [1.29, 1.82) is 0 Å². The summed E-state index contributed by atoms with van der Waals surface area (Å²) in [6.07, 6.45) is 1.13. The monoisotopic (exact) mass is 297 g/mol. The van der Waals surface area contributed by atoms with Crippen molar-refractivity contribution in [3.8, 4) is 0 Å². The topological polar surface area (TPSA) is 48.1 Å². The number of likely N-dealkylation sites (tertiary alicyclic amines) is 1. The van der Waals surface area contributed by atoms with Gasteiger partial charge in [-0.2, -0.15) is 0 Å². The van der Waals surface area contributed by atoms with Gasteiger partial charge in [-0.3, -0.25) is 4.79 Å². The highest BCUT2D eigenvalue weighted by Gasteiger charge is 2.40. The Balaban J connectivity index is 1.76. The Labute approximate surface area is 130 Å². The van der Waals surface area contributed by atoms with Gasteiger partial charge in [0.05, 0.1) is 0 Å². The van der Waals surface area contributed by atoms with E-state index in [4.69, 9.17) is 0 Å². The number of hydrogen-bond acceptors (Lipinski definition) is 2. The largest absolute Gasteiger partial charge is 0.350 e. The minimum absolute atomic E-state index is 0.168. The summed E-state index contributed by atoms with van der Waals surface area (Å²) in [5, 5.41) is 4.60. The Morgan fingerprint density at radius 2 is 2.05 bits per heavy atom. The molecule has 1 aromatic carbocycles. The summed E-state index contributed by atoms with van der Waals surface area (Å²) in [6, 6.07) is 4.72. The second-order valence-corrected chi connectivity index (χ2v) is 6.90. The number of carbonyl (C=O) groups is 1. The molecule has 0 aliphatic carbocycles. The quantitative estimate of drug-likeness (QED) is 0.850. The SMILES string of the molecule is Cc1cc(C)c2[nH]c(C(=O)N3CC[C@H]4CNC[C@H]43)c(C)c2c1. The molecule has 2 aliphatic heterocycles. The molecule has 2 aromatic rings. The standard InChI is InChI=1S/C18H23N3O/c1-10-6-11(2)16-14(7-10)12(3)17(20-16)18(22)21-5-4-13-8-19-9-15(13)21/h6-7,13,15,19-20H,4-5,8-9H2,1-3H3/t13-,15+/m0/s1. The van der Waals surface area contributed by atoms with Crippen molar-refractivity contribution in [2.24, 2.45) is 5.92 Å². The Morgan fingerprint density at radius 3 is 2.86 bits per heavy atom. The van der Waals surface area contributed by atoms with Gasteiger partial charge in [0, 0.05) is 36.6 Å². The van der Waals surface area contributed by atoms with Crippen LogP contribution in [0, 0.1) is 26.7 Å². The van der Waals surface area contributed by atoms with Gasteiger partial charge < -0.3 is 15.2 Å². The number of aromatic nitrogens is 1. The number of nitrogens with zero attached hydrogens (tertiary/aromatic N) is 1. The van der Waals surface area contributed by atoms with Gasteiger partial charge in [-0.15, -0.1) is 0 Å². The Morgan fingerprint density at radius 1 is 1.23 bits per heavy atom. The lowest BCUT2D eigenvalue weighted by Gasteiger charge is -2.23. The molecule has 2 saturated heterocycles. The van der Waals surface area contributed by atoms with Gasteiger partial charge in [0.1, 0.15) is 5.69 Å². The van der Waals surface area contributed by atoms with Crippen molar-refractivity contribution in [3.05, 3.63) is 34.5 Å². The molecule has 0 unspecified atom stereocenters. The van der Waals surface area contributed by atoms with Crippen LogP contribution in [0.15, 0.2) is 12.1 Å². The summed E-state index contributed by atoms with van der Waals surface area (Å²) in [5.41, 5.74) is 5.41. The third kappa shape index (κ3) is 1.90. The Hall–Kier alpha value is -1.81. The second kappa shape index (κ2) is 4.85. The van der Waals surface area contributed by atoms with Crippen molar-refractivity contribution in [2.45, 2.75) is 33.2 Å². The lowest BCUT2D eigenvalue weighted by molar-refractivity contribution is 0.0731. The fourth-order valence-electron chi connectivity index (χ4n) is 4.24. The normalized spacial score (nSPS) is 24.2. The molecule has 2 fully saturated rings. The number of carbonyl (C=O) groups excluding carboxylic acids is 1. The van der Waals surface area contributed by atoms with Crippen LogP contribution < -0.4 is 5.32 Å². The van der Waals surface area contributed by atoms with E-state index in [1.165, 1.54) is 16.5 Å². The molecule has 2 N–H and O–H groups in total. The van der Waals surface area contributed by atoms with E-state index in [0.29, 0.717) is 12.0 Å². The highest BCUT2D eigenvalue weighted by atomic mass is 16.2. The van der Waals surface area contributed by atoms with E-state index in [1.807, 2.05) is 0 Å². The van der Waals surface area contributed by atoms with Crippen LogP contribution in [-0.4, -0.2) is 41.5 Å². The summed E-state index contributed by atoms with van der Waals surface area (Å²) >= 11 is 0. The molecule has 1 aromatic heterocycles. The molecule has 4 rings (SSSR count). The maximum Gasteiger partial charge on any atom is 0.270 e. The molecular weight excluding hydrogens is 274 g/mol. The number of rotatable bonds is 1. The van der Waals surface area contributed by atoms with Crippen molar-refractivity contribution >= 4 is 16.8 Å². The highest BCUT2D eigenvalue weighted by Crippen LogP contribution is 2.31. The number of fused-ring (bicyclic) bond motifs is 2. The molecule has 22 heavy (non-hydrogen) atoms. The van der Waals surface area contributed by atoms with Crippen molar-refractivity contribution in [2.75, 3.05) is 19.6 Å². The van der Waals surface area contributed by atoms with Crippen molar-refractivity contribution in [1.82, 2.24) is 15.2 Å². The third-order valence-electron chi connectivity index (χ3n) is 5.43. The zero-order valence-electron chi connectivity index (χ0n) is 13.5. The molecule has 4 heteroatoms. The van der Waals surface area contributed by atoms with Crippen LogP contribution in [0.4, 0.5) is 0 Å². The summed E-state index contributed by atoms with van der Waals surface area (Å²) in [6.45, 7) is 9.16. The van der Waals surface area contributed by atoms with E-state index in [9.17, 15) is 4.79 Å². The summed E-state index contributed by atoms with van der Waals surface area (Å²) in [5.74, 6) is 0.805. The molecule has 0 saturated carbocycles. The Kier molecular flexibility index (Phi) is 3.05. The summed E-state index contributed by atoms with van der Waals surface area (Å²) < 4.78 is 0. The molecule has 4 nitrogen and oxygen atoms in total. The van der Waals surface area contributed by atoms with E-state index in [1.54, 1.807) is 0 Å². The van der Waals surface area contributed by atoms with Gasteiger partial charge in [-0.1, -0.05) is 11.6 Å². The minimum atomic E-state index is 0.168. The first-order valence-electron chi connectivity index (χ1n) is 8.17. The lowest BCUT2D eigenvalue weighted by Crippen LogP contribution is -2.39. The minimum Gasteiger partial charge on any atom is -0.350 e. The molecule has 1 amide bonds. The smallest absolute Gasteiger partial charge is 0.270 e. The van der Waals surface area contributed by atoms with Crippen molar-refractivity contribution in [3.63, 3.8) is 0 Å². The van der Waals surface area contributed by atoms with Crippen LogP contribution in [-0.2, 0) is 0 Å². The molecule has 2 atom stereocenters. The second-order valence-electron chi connectivity index (χ2n) is 6.90. The lowest BCUT2D eigenvalue weighted by atomic mass is 10.0. The van der Waals surface area contributed by atoms with Crippen molar-refractivity contribution < 1.29 is 4.79 Å². The number of hydrogen-bond donors (Lipinski definition) is 2. The zero-order valence-corrected chi connectivity index (χ0v) is 13.5. The average molecular weight is 297 g/mol. The van der Waals surface area contributed by atoms with Gasteiger partial charge in [0.15, 0.2) is 0 Å². The van der Waals surface area contributed by atoms with E-state index < -0.39 is 0 Å². The first-order chi connectivity index (χ1) is 10.6. The maximum atomic E-state index is 13.0. The zero-order chi connectivity index (χ0) is 15.4. The van der Waals surface area contributed by atoms with Gasteiger partial charge in [-0.05, 0) is 50.3 Å². The molecule has 3 heterocycles. The van der Waals surface area contributed by atoms with Gasteiger partial charge in [0.2, 0.25) is 0 Å². The van der Waals surface area contributed by atoms with Gasteiger partial charge in [0.25, 0.3) is 5.91 Å². The predicted molar refractivity (Wildman–Crippen MR) is 88.3 cm³/mol. The van der Waals surface area contributed by atoms with E-state index in [0.717, 1.165) is 42.8 Å². The van der Waals surface area contributed by atoms with E-state index >= 15 is 0 Å².